The van der Waals surface area contributed by atoms with Gasteiger partial charge in [-0.15, -0.1) is 0 Å². The first kappa shape index (κ1) is 15.1. The Kier molecular flexibility index (Phi) is 4.89. The number of hydrogen-bond donors (Lipinski definition) is 0. The van der Waals surface area contributed by atoms with Gasteiger partial charge in [0.15, 0.2) is 0 Å². The smallest absolute Gasteiger partial charge is 0.213 e. The fourth-order valence-corrected chi connectivity index (χ4v) is 2.31. The molecule has 0 saturated carbocycles. The van der Waals surface area contributed by atoms with Gasteiger partial charge in [0.25, 0.3) is 0 Å². The summed E-state index contributed by atoms with van der Waals surface area (Å²) in [6.45, 7) is 2.04. The Bertz CT molecular complexity index is 712. The molecule has 0 spiro atoms. The van der Waals surface area contributed by atoms with Crippen molar-refractivity contribution in [2.45, 2.75) is 19.4 Å². The average molecular weight is 305 g/mol. The van der Waals surface area contributed by atoms with E-state index in [-0.39, 0.29) is 6.10 Å². The van der Waals surface area contributed by atoms with Crippen LogP contribution < -0.4 is 9.47 Å². The van der Waals surface area contributed by atoms with Gasteiger partial charge in [-0.2, -0.15) is 0 Å². The minimum atomic E-state index is 0.0609. The number of rotatable bonds is 6. The predicted molar refractivity (Wildman–Crippen MR) is 91.0 cm³/mol. The van der Waals surface area contributed by atoms with Gasteiger partial charge < -0.3 is 9.47 Å². The fraction of sp³-hybridized carbons (Fsp3) is 0.150. The average Bonchev–Trinajstić information content (AvgIpc) is 2.58. The summed E-state index contributed by atoms with van der Waals surface area (Å²) in [5.41, 5.74) is 1.20. The third kappa shape index (κ3) is 4.58. The Morgan fingerprint density at radius 1 is 0.826 bits per heavy atom. The normalized spacial score (nSPS) is 11.7. The Labute approximate surface area is 136 Å². The van der Waals surface area contributed by atoms with E-state index >= 15 is 0 Å². The zero-order valence-corrected chi connectivity index (χ0v) is 13.1. The second-order valence-electron chi connectivity index (χ2n) is 5.36. The number of ether oxygens (including phenoxy) is 2. The van der Waals surface area contributed by atoms with E-state index < -0.39 is 0 Å². The van der Waals surface area contributed by atoms with Crippen LogP contribution in [0, 0.1) is 0 Å². The van der Waals surface area contributed by atoms with Gasteiger partial charge >= 0.3 is 0 Å². The van der Waals surface area contributed by atoms with Gasteiger partial charge in [0.1, 0.15) is 17.6 Å². The molecule has 1 atom stereocenters. The van der Waals surface area contributed by atoms with Crippen LogP contribution in [0.3, 0.4) is 0 Å². The molecule has 0 aliphatic rings. The second kappa shape index (κ2) is 7.45. The Balaban J connectivity index is 1.57. The topological polar surface area (TPSA) is 31.4 Å². The molecule has 0 bridgehead atoms. The molecular weight excluding hydrogens is 286 g/mol. The zero-order valence-electron chi connectivity index (χ0n) is 13.1. The summed E-state index contributed by atoms with van der Waals surface area (Å²) in [6.07, 6.45) is 2.62. The number of para-hydroxylation sites is 1. The molecule has 0 saturated heterocycles. The van der Waals surface area contributed by atoms with Crippen molar-refractivity contribution in [3.63, 3.8) is 0 Å². The first-order chi connectivity index (χ1) is 11.3. The number of hydrogen-bond acceptors (Lipinski definition) is 3. The SMILES string of the molecule is CC(Cc1ccc(Oc2ccccc2)cc1)Oc1ccccn1. The number of benzene rings is 2. The molecule has 1 aromatic heterocycles. The van der Waals surface area contributed by atoms with Crippen LogP contribution in [-0.2, 0) is 6.42 Å². The van der Waals surface area contributed by atoms with E-state index in [1.54, 1.807) is 6.20 Å². The van der Waals surface area contributed by atoms with Crippen molar-refractivity contribution in [1.29, 1.82) is 0 Å². The van der Waals surface area contributed by atoms with E-state index in [4.69, 9.17) is 9.47 Å². The third-order valence-electron chi connectivity index (χ3n) is 3.39. The molecule has 3 heteroatoms. The Morgan fingerprint density at radius 3 is 2.22 bits per heavy atom. The van der Waals surface area contributed by atoms with Crippen LogP contribution in [0.5, 0.6) is 17.4 Å². The summed E-state index contributed by atoms with van der Waals surface area (Å²) >= 11 is 0. The van der Waals surface area contributed by atoms with Gasteiger partial charge in [-0.3, -0.25) is 0 Å². The molecule has 2 aromatic carbocycles. The van der Waals surface area contributed by atoms with Crippen molar-refractivity contribution < 1.29 is 9.47 Å². The molecule has 3 nitrogen and oxygen atoms in total. The maximum atomic E-state index is 5.80. The molecule has 23 heavy (non-hydrogen) atoms. The van der Waals surface area contributed by atoms with Crippen molar-refractivity contribution in [2.24, 2.45) is 0 Å². The fourth-order valence-electron chi connectivity index (χ4n) is 2.31. The van der Waals surface area contributed by atoms with Crippen LogP contribution in [0.4, 0.5) is 0 Å². The monoisotopic (exact) mass is 305 g/mol. The maximum Gasteiger partial charge on any atom is 0.213 e. The van der Waals surface area contributed by atoms with Gasteiger partial charge in [0.05, 0.1) is 0 Å². The highest BCUT2D eigenvalue weighted by Gasteiger charge is 2.06. The molecule has 0 amide bonds. The van der Waals surface area contributed by atoms with Gasteiger partial charge in [0.2, 0.25) is 5.88 Å². The molecule has 0 aliphatic carbocycles. The second-order valence-corrected chi connectivity index (χ2v) is 5.36. The van der Waals surface area contributed by atoms with Crippen molar-refractivity contribution in [3.8, 4) is 17.4 Å². The van der Waals surface area contributed by atoms with E-state index in [2.05, 4.69) is 17.1 Å². The molecule has 0 fully saturated rings. The van der Waals surface area contributed by atoms with E-state index in [0.29, 0.717) is 5.88 Å². The van der Waals surface area contributed by atoms with Crippen molar-refractivity contribution in [1.82, 2.24) is 4.98 Å². The lowest BCUT2D eigenvalue weighted by Crippen LogP contribution is -2.15. The van der Waals surface area contributed by atoms with Gasteiger partial charge in [0, 0.05) is 18.7 Å². The standard InChI is InChI=1S/C20H19NO2/c1-16(22-20-9-5-6-14-21-20)15-17-10-12-19(13-11-17)23-18-7-3-2-4-8-18/h2-14,16H,15H2,1H3. The molecule has 0 aliphatic heterocycles. The van der Waals surface area contributed by atoms with Crippen LogP contribution in [-0.4, -0.2) is 11.1 Å². The minimum Gasteiger partial charge on any atom is -0.474 e. The molecule has 3 rings (SSSR count). The summed E-state index contributed by atoms with van der Waals surface area (Å²) in [6, 6.07) is 23.5. The van der Waals surface area contributed by atoms with Crippen molar-refractivity contribution in [3.05, 3.63) is 84.6 Å². The summed E-state index contributed by atoms with van der Waals surface area (Å²) < 4.78 is 11.6. The Hall–Kier alpha value is -2.81. The predicted octanol–water partition coefficient (Wildman–Crippen LogP) is 4.88. The Morgan fingerprint density at radius 2 is 1.52 bits per heavy atom. The molecule has 1 heterocycles. The molecular formula is C20H19NO2. The first-order valence-electron chi connectivity index (χ1n) is 7.69. The summed E-state index contributed by atoms with van der Waals surface area (Å²) in [5.74, 6) is 2.33. The molecule has 3 aromatic rings. The lowest BCUT2D eigenvalue weighted by Gasteiger charge is -2.14. The van der Waals surface area contributed by atoms with E-state index in [1.807, 2.05) is 67.6 Å². The lowest BCUT2D eigenvalue weighted by atomic mass is 10.1. The van der Waals surface area contributed by atoms with Crippen LogP contribution in [0.1, 0.15) is 12.5 Å². The van der Waals surface area contributed by atoms with E-state index in [1.165, 1.54) is 5.56 Å². The summed E-state index contributed by atoms with van der Waals surface area (Å²) in [4.78, 5) is 4.18. The highest BCUT2D eigenvalue weighted by molar-refractivity contribution is 5.33. The lowest BCUT2D eigenvalue weighted by molar-refractivity contribution is 0.213. The number of pyridine rings is 1. The van der Waals surface area contributed by atoms with Crippen LogP contribution >= 0.6 is 0 Å². The maximum absolute atomic E-state index is 5.80. The minimum absolute atomic E-state index is 0.0609. The quantitative estimate of drug-likeness (QED) is 0.650. The highest BCUT2D eigenvalue weighted by Crippen LogP contribution is 2.21. The molecule has 0 N–H and O–H groups in total. The van der Waals surface area contributed by atoms with Crippen molar-refractivity contribution >= 4 is 0 Å². The van der Waals surface area contributed by atoms with Crippen LogP contribution in [0.15, 0.2) is 79.0 Å². The molecule has 0 radical (unpaired) electrons. The first-order valence-corrected chi connectivity index (χ1v) is 7.69. The number of aromatic nitrogens is 1. The van der Waals surface area contributed by atoms with E-state index in [0.717, 1.165) is 17.9 Å². The van der Waals surface area contributed by atoms with Crippen LogP contribution in [0.25, 0.3) is 0 Å². The van der Waals surface area contributed by atoms with Crippen molar-refractivity contribution in [2.75, 3.05) is 0 Å². The largest absolute Gasteiger partial charge is 0.474 e. The highest BCUT2D eigenvalue weighted by atomic mass is 16.5. The van der Waals surface area contributed by atoms with Gasteiger partial charge in [-0.05, 0) is 42.8 Å². The summed E-state index contributed by atoms with van der Waals surface area (Å²) in [5, 5.41) is 0. The summed E-state index contributed by atoms with van der Waals surface area (Å²) in [7, 11) is 0. The van der Waals surface area contributed by atoms with Gasteiger partial charge in [-0.25, -0.2) is 4.98 Å². The molecule has 116 valence electrons. The zero-order chi connectivity index (χ0) is 15.9. The van der Waals surface area contributed by atoms with E-state index in [9.17, 15) is 0 Å². The van der Waals surface area contributed by atoms with Crippen LogP contribution in [0.2, 0.25) is 0 Å². The molecule has 1 unspecified atom stereocenters. The van der Waals surface area contributed by atoms with Gasteiger partial charge in [-0.1, -0.05) is 36.4 Å². The third-order valence-corrected chi connectivity index (χ3v) is 3.39. The number of nitrogens with zero attached hydrogens (tertiary/aromatic N) is 1.